The number of non-ortho nitro benzene ring substituents is 1. The first-order valence-corrected chi connectivity index (χ1v) is 6.27. The number of methoxy groups -OCH3 is 1. The number of ether oxygens (including phenoxy) is 1. The van der Waals surface area contributed by atoms with Gasteiger partial charge in [0.25, 0.3) is 5.69 Å². The van der Waals surface area contributed by atoms with Crippen LogP contribution in [0.3, 0.4) is 0 Å². The van der Waals surface area contributed by atoms with Crippen LogP contribution < -0.4 is 10.6 Å². The number of nitro groups is 1. The summed E-state index contributed by atoms with van der Waals surface area (Å²) in [6.07, 6.45) is 0. The van der Waals surface area contributed by atoms with Gasteiger partial charge in [-0.3, -0.25) is 14.9 Å². The lowest BCUT2D eigenvalue weighted by Crippen LogP contribution is -2.30. The lowest BCUT2D eigenvalue weighted by molar-refractivity contribution is -0.384. The van der Waals surface area contributed by atoms with Crippen LogP contribution in [0.15, 0.2) is 22.7 Å². The standard InChI is InChI=1S/C11H14BrN3O4/c1-19-5-4-13-7-11(16)14-10-6-8(15(17)18)2-3-9(10)12/h2-3,6,13H,4-5,7H2,1H3,(H,14,16). The number of anilines is 1. The van der Waals surface area contributed by atoms with Crippen LogP contribution in [0.5, 0.6) is 0 Å². The van der Waals surface area contributed by atoms with Crippen molar-refractivity contribution in [2.45, 2.75) is 0 Å². The first kappa shape index (κ1) is 15.5. The van der Waals surface area contributed by atoms with Crippen molar-refractivity contribution in [2.24, 2.45) is 0 Å². The highest BCUT2D eigenvalue weighted by Gasteiger charge is 2.11. The Morgan fingerprint density at radius 1 is 1.53 bits per heavy atom. The van der Waals surface area contributed by atoms with Crippen molar-refractivity contribution in [3.05, 3.63) is 32.8 Å². The molecule has 0 aliphatic carbocycles. The van der Waals surface area contributed by atoms with Crippen molar-refractivity contribution >= 4 is 33.2 Å². The molecular weight excluding hydrogens is 318 g/mol. The summed E-state index contributed by atoms with van der Waals surface area (Å²) in [7, 11) is 1.57. The van der Waals surface area contributed by atoms with Gasteiger partial charge in [0.2, 0.25) is 5.91 Å². The zero-order chi connectivity index (χ0) is 14.3. The zero-order valence-electron chi connectivity index (χ0n) is 10.3. The van der Waals surface area contributed by atoms with Gasteiger partial charge in [0.15, 0.2) is 0 Å². The van der Waals surface area contributed by atoms with Crippen molar-refractivity contribution in [1.29, 1.82) is 0 Å². The van der Waals surface area contributed by atoms with Crippen molar-refractivity contribution in [2.75, 3.05) is 32.1 Å². The summed E-state index contributed by atoms with van der Waals surface area (Å²) in [5.41, 5.74) is 0.290. The topological polar surface area (TPSA) is 93.5 Å². The average molecular weight is 332 g/mol. The van der Waals surface area contributed by atoms with Gasteiger partial charge in [0, 0.05) is 30.3 Å². The molecule has 7 nitrogen and oxygen atoms in total. The minimum absolute atomic E-state index is 0.0779. The van der Waals surface area contributed by atoms with E-state index in [9.17, 15) is 14.9 Å². The molecule has 0 radical (unpaired) electrons. The van der Waals surface area contributed by atoms with Crippen LogP contribution in [0.25, 0.3) is 0 Å². The van der Waals surface area contributed by atoms with E-state index in [1.54, 1.807) is 7.11 Å². The van der Waals surface area contributed by atoms with E-state index < -0.39 is 4.92 Å². The number of rotatable bonds is 7. The van der Waals surface area contributed by atoms with E-state index in [1.807, 2.05) is 0 Å². The number of benzene rings is 1. The lowest BCUT2D eigenvalue weighted by Gasteiger charge is -2.08. The third-order valence-corrected chi connectivity index (χ3v) is 2.89. The summed E-state index contributed by atoms with van der Waals surface area (Å²) in [6, 6.07) is 4.18. The highest BCUT2D eigenvalue weighted by molar-refractivity contribution is 9.10. The van der Waals surface area contributed by atoms with Crippen LogP contribution in [-0.2, 0) is 9.53 Å². The lowest BCUT2D eigenvalue weighted by atomic mass is 10.3. The summed E-state index contributed by atoms with van der Waals surface area (Å²) < 4.78 is 5.41. The van der Waals surface area contributed by atoms with Gasteiger partial charge >= 0.3 is 0 Å². The minimum Gasteiger partial charge on any atom is -0.383 e. The molecule has 0 unspecified atom stereocenters. The molecule has 1 aromatic carbocycles. The van der Waals surface area contributed by atoms with Crippen LogP contribution in [0, 0.1) is 10.1 Å². The monoisotopic (exact) mass is 331 g/mol. The molecule has 0 aromatic heterocycles. The number of amides is 1. The number of halogens is 1. The molecule has 1 rings (SSSR count). The highest BCUT2D eigenvalue weighted by atomic mass is 79.9. The molecule has 0 spiro atoms. The van der Waals surface area contributed by atoms with Crippen LogP contribution in [0.1, 0.15) is 0 Å². The van der Waals surface area contributed by atoms with Gasteiger partial charge in [-0.25, -0.2) is 0 Å². The van der Waals surface area contributed by atoms with E-state index in [-0.39, 0.29) is 18.1 Å². The number of carbonyl (C=O) groups is 1. The summed E-state index contributed by atoms with van der Waals surface area (Å²) in [5, 5.41) is 16.1. The smallest absolute Gasteiger partial charge is 0.271 e. The molecule has 1 amide bonds. The fraction of sp³-hybridized carbons (Fsp3) is 0.364. The molecule has 0 atom stereocenters. The molecule has 2 N–H and O–H groups in total. The quantitative estimate of drug-likeness (QED) is 0.449. The second kappa shape index (κ2) is 7.82. The van der Waals surface area contributed by atoms with Gasteiger partial charge in [-0.1, -0.05) is 0 Å². The maximum atomic E-state index is 11.6. The van der Waals surface area contributed by atoms with E-state index in [1.165, 1.54) is 18.2 Å². The summed E-state index contributed by atoms with van der Waals surface area (Å²) >= 11 is 3.22. The van der Waals surface area contributed by atoms with E-state index in [4.69, 9.17) is 4.74 Å². The number of hydrogen-bond donors (Lipinski definition) is 2. The molecule has 0 heterocycles. The highest BCUT2D eigenvalue weighted by Crippen LogP contribution is 2.26. The van der Waals surface area contributed by atoms with Gasteiger partial charge in [-0.05, 0) is 22.0 Å². The second-order valence-corrected chi connectivity index (χ2v) is 4.49. The molecule has 0 bridgehead atoms. The predicted octanol–water partition coefficient (Wildman–Crippen LogP) is 1.53. The van der Waals surface area contributed by atoms with E-state index >= 15 is 0 Å². The fourth-order valence-electron chi connectivity index (χ4n) is 1.29. The predicted molar refractivity (Wildman–Crippen MR) is 74.2 cm³/mol. The Balaban J connectivity index is 2.58. The van der Waals surface area contributed by atoms with Crippen molar-refractivity contribution in [3.8, 4) is 0 Å². The van der Waals surface area contributed by atoms with Crippen LogP contribution in [0.2, 0.25) is 0 Å². The van der Waals surface area contributed by atoms with Gasteiger partial charge in [-0.15, -0.1) is 0 Å². The maximum absolute atomic E-state index is 11.6. The Kier molecular flexibility index (Phi) is 6.40. The van der Waals surface area contributed by atoms with Crippen molar-refractivity contribution < 1.29 is 14.5 Å². The van der Waals surface area contributed by atoms with Crippen LogP contribution in [-0.4, -0.2) is 37.6 Å². The van der Waals surface area contributed by atoms with Crippen molar-refractivity contribution in [1.82, 2.24) is 5.32 Å². The Hall–Kier alpha value is -1.51. The molecule has 0 saturated carbocycles. The average Bonchev–Trinajstić information content (AvgIpc) is 2.37. The molecule has 1 aromatic rings. The first-order valence-electron chi connectivity index (χ1n) is 5.48. The molecule has 0 fully saturated rings. The number of hydrogen-bond acceptors (Lipinski definition) is 5. The van der Waals surface area contributed by atoms with E-state index in [0.717, 1.165) is 0 Å². The Morgan fingerprint density at radius 3 is 2.89 bits per heavy atom. The first-order chi connectivity index (χ1) is 9.04. The SMILES string of the molecule is COCCNCC(=O)Nc1cc([N+](=O)[O-])ccc1Br. The van der Waals surface area contributed by atoms with Gasteiger partial charge in [0.05, 0.1) is 23.8 Å². The minimum atomic E-state index is -0.515. The van der Waals surface area contributed by atoms with Crippen LogP contribution >= 0.6 is 15.9 Å². The zero-order valence-corrected chi connectivity index (χ0v) is 11.9. The summed E-state index contributed by atoms with van der Waals surface area (Å²) in [6.45, 7) is 1.17. The fourth-order valence-corrected chi connectivity index (χ4v) is 1.64. The van der Waals surface area contributed by atoms with Gasteiger partial charge < -0.3 is 15.4 Å². The summed E-state index contributed by atoms with van der Waals surface area (Å²) in [4.78, 5) is 21.7. The molecular formula is C11H14BrN3O4. The van der Waals surface area contributed by atoms with Gasteiger partial charge in [0.1, 0.15) is 0 Å². The Bertz CT molecular complexity index is 467. The number of nitrogens with zero attached hydrogens (tertiary/aromatic N) is 1. The van der Waals surface area contributed by atoms with Crippen molar-refractivity contribution in [3.63, 3.8) is 0 Å². The molecule has 8 heteroatoms. The molecule has 0 aliphatic rings. The largest absolute Gasteiger partial charge is 0.383 e. The Morgan fingerprint density at radius 2 is 2.26 bits per heavy atom. The second-order valence-electron chi connectivity index (χ2n) is 3.64. The third kappa shape index (κ3) is 5.33. The van der Waals surface area contributed by atoms with E-state index in [0.29, 0.717) is 23.3 Å². The maximum Gasteiger partial charge on any atom is 0.271 e. The Labute approximate surface area is 118 Å². The number of nitro benzene ring substituents is 1. The van der Waals surface area contributed by atoms with Crippen LogP contribution in [0.4, 0.5) is 11.4 Å². The number of nitrogens with one attached hydrogen (secondary N) is 2. The molecule has 0 aliphatic heterocycles. The number of carbonyl (C=O) groups excluding carboxylic acids is 1. The molecule has 0 saturated heterocycles. The third-order valence-electron chi connectivity index (χ3n) is 2.20. The van der Waals surface area contributed by atoms with E-state index in [2.05, 4.69) is 26.6 Å². The summed E-state index contributed by atoms with van der Waals surface area (Å²) in [5.74, 6) is -0.280. The van der Waals surface area contributed by atoms with Gasteiger partial charge in [-0.2, -0.15) is 0 Å². The molecule has 104 valence electrons. The molecule has 19 heavy (non-hydrogen) atoms. The normalized spacial score (nSPS) is 10.2.